The third kappa shape index (κ3) is 4.63. The van der Waals surface area contributed by atoms with Gasteiger partial charge in [0.05, 0.1) is 12.0 Å². The molecule has 0 unspecified atom stereocenters. The van der Waals surface area contributed by atoms with Crippen molar-refractivity contribution in [2.45, 2.75) is 24.2 Å². The average molecular weight is 431 g/mol. The molecular formula is C23H30N2O4S. The van der Waals surface area contributed by atoms with E-state index in [1.165, 1.54) is 0 Å². The summed E-state index contributed by atoms with van der Waals surface area (Å²) >= 11 is 0. The molecule has 2 aromatic carbocycles. The SMILES string of the molecule is COc1ccc(S(=O)(=O)N2CC[C@@]3(CCCN(CCOc4ccccc4)C3)C2)cc1. The van der Waals surface area contributed by atoms with Gasteiger partial charge in [0.1, 0.15) is 18.1 Å². The molecule has 0 aliphatic carbocycles. The van der Waals surface area contributed by atoms with Crippen LogP contribution in [0.3, 0.4) is 0 Å². The van der Waals surface area contributed by atoms with Gasteiger partial charge in [-0.25, -0.2) is 8.42 Å². The van der Waals surface area contributed by atoms with Crippen LogP contribution in [0.15, 0.2) is 59.5 Å². The van der Waals surface area contributed by atoms with Crippen molar-refractivity contribution in [2.24, 2.45) is 5.41 Å². The quantitative estimate of drug-likeness (QED) is 0.675. The van der Waals surface area contributed by atoms with Gasteiger partial charge in [-0.3, -0.25) is 4.90 Å². The molecule has 0 N–H and O–H groups in total. The first-order chi connectivity index (χ1) is 14.5. The minimum Gasteiger partial charge on any atom is -0.497 e. The molecule has 0 aromatic heterocycles. The first kappa shape index (κ1) is 21.2. The van der Waals surface area contributed by atoms with Crippen LogP contribution in [0.5, 0.6) is 11.5 Å². The fourth-order valence-electron chi connectivity index (χ4n) is 4.64. The molecule has 2 saturated heterocycles. The molecule has 0 radical (unpaired) electrons. The summed E-state index contributed by atoms with van der Waals surface area (Å²) in [5.41, 5.74) is 0.0462. The summed E-state index contributed by atoms with van der Waals surface area (Å²) in [6.07, 6.45) is 3.10. The normalized spacial score (nSPS) is 23.0. The number of hydrogen-bond donors (Lipinski definition) is 0. The second-order valence-corrected chi connectivity index (χ2v) is 10.2. The Morgan fingerprint density at radius 1 is 0.933 bits per heavy atom. The Hall–Kier alpha value is -2.09. The van der Waals surface area contributed by atoms with Gasteiger partial charge < -0.3 is 9.47 Å². The lowest BCUT2D eigenvalue weighted by Gasteiger charge is -2.40. The summed E-state index contributed by atoms with van der Waals surface area (Å²) in [6, 6.07) is 16.5. The molecule has 7 heteroatoms. The van der Waals surface area contributed by atoms with Crippen LogP contribution in [0.4, 0.5) is 0 Å². The molecule has 1 atom stereocenters. The van der Waals surface area contributed by atoms with Crippen LogP contribution in [0, 0.1) is 5.41 Å². The van der Waals surface area contributed by atoms with Gasteiger partial charge in [-0.05, 0) is 67.6 Å². The van der Waals surface area contributed by atoms with Gasteiger partial charge in [-0.1, -0.05) is 18.2 Å². The number of benzene rings is 2. The highest BCUT2D eigenvalue weighted by atomic mass is 32.2. The van der Waals surface area contributed by atoms with Crippen molar-refractivity contribution < 1.29 is 17.9 Å². The molecule has 2 aliphatic rings. The summed E-state index contributed by atoms with van der Waals surface area (Å²) in [5.74, 6) is 1.55. The van der Waals surface area contributed by atoms with Gasteiger partial charge in [0, 0.05) is 26.2 Å². The molecule has 0 bridgehead atoms. The van der Waals surface area contributed by atoms with Crippen molar-refractivity contribution in [1.29, 1.82) is 0 Å². The highest BCUT2D eigenvalue weighted by Gasteiger charge is 2.45. The van der Waals surface area contributed by atoms with Gasteiger partial charge in [-0.2, -0.15) is 4.31 Å². The Morgan fingerprint density at radius 3 is 2.43 bits per heavy atom. The zero-order valence-corrected chi connectivity index (χ0v) is 18.3. The van der Waals surface area contributed by atoms with E-state index in [0.717, 1.165) is 44.6 Å². The second-order valence-electron chi connectivity index (χ2n) is 8.31. The van der Waals surface area contributed by atoms with Gasteiger partial charge in [0.15, 0.2) is 0 Å². The number of hydrogen-bond acceptors (Lipinski definition) is 5. The van der Waals surface area contributed by atoms with Crippen molar-refractivity contribution in [2.75, 3.05) is 46.4 Å². The van der Waals surface area contributed by atoms with E-state index < -0.39 is 10.0 Å². The molecule has 2 aromatic rings. The van der Waals surface area contributed by atoms with E-state index in [-0.39, 0.29) is 5.41 Å². The Balaban J connectivity index is 1.35. The topological polar surface area (TPSA) is 59.1 Å². The summed E-state index contributed by atoms with van der Waals surface area (Å²) in [6.45, 7) is 4.67. The fraction of sp³-hybridized carbons (Fsp3) is 0.478. The van der Waals surface area contributed by atoms with Gasteiger partial charge in [0.25, 0.3) is 0 Å². The molecule has 2 fully saturated rings. The lowest BCUT2D eigenvalue weighted by molar-refractivity contribution is 0.0864. The van der Waals surface area contributed by atoms with Crippen molar-refractivity contribution >= 4 is 10.0 Å². The fourth-order valence-corrected chi connectivity index (χ4v) is 6.19. The highest BCUT2D eigenvalue weighted by molar-refractivity contribution is 7.89. The van der Waals surface area contributed by atoms with Crippen molar-refractivity contribution in [3.63, 3.8) is 0 Å². The maximum Gasteiger partial charge on any atom is 0.243 e. The zero-order valence-electron chi connectivity index (χ0n) is 17.5. The summed E-state index contributed by atoms with van der Waals surface area (Å²) in [4.78, 5) is 2.76. The summed E-state index contributed by atoms with van der Waals surface area (Å²) in [7, 11) is -1.90. The van der Waals surface area contributed by atoms with E-state index in [0.29, 0.717) is 30.3 Å². The number of rotatable bonds is 7. The molecule has 0 saturated carbocycles. The number of nitrogens with zero attached hydrogens (tertiary/aromatic N) is 2. The molecular weight excluding hydrogens is 400 g/mol. The number of likely N-dealkylation sites (tertiary alicyclic amines) is 1. The van der Waals surface area contributed by atoms with Crippen LogP contribution in [0.25, 0.3) is 0 Å². The molecule has 1 spiro atoms. The van der Waals surface area contributed by atoms with E-state index in [9.17, 15) is 8.42 Å². The number of para-hydroxylation sites is 1. The lowest BCUT2D eigenvalue weighted by atomic mass is 9.79. The predicted octanol–water partition coefficient (Wildman–Crippen LogP) is 3.25. The maximum atomic E-state index is 13.1. The van der Waals surface area contributed by atoms with Crippen molar-refractivity contribution in [1.82, 2.24) is 9.21 Å². The Bertz CT molecular complexity index is 933. The van der Waals surface area contributed by atoms with E-state index in [1.807, 2.05) is 30.3 Å². The van der Waals surface area contributed by atoms with Crippen LogP contribution >= 0.6 is 0 Å². The average Bonchev–Trinajstić information content (AvgIpc) is 3.18. The van der Waals surface area contributed by atoms with E-state index in [2.05, 4.69) is 4.90 Å². The highest BCUT2D eigenvalue weighted by Crippen LogP contribution is 2.40. The Labute approximate surface area is 179 Å². The maximum absolute atomic E-state index is 13.1. The summed E-state index contributed by atoms with van der Waals surface area (Å²) in [5, 5.41) is 0. The molecule has 30 heavy (non-hydrogen) atoms. The third-order valence-electron chi connectivity index (χ3n) is 6.26. The van der Waals surface area contributed by atoms with Crippen molar-refractivity contribution in [3.05, 3.63) is 54.6 Å². The predicted molar refractivity (Wildman–Crippen MR) is 116 cm³/mol. The molecule has 4 rings (SSSR count). The smallest absolute Gasteiger partial charge is 0.243 e. The largest absolute Gasteiger partial charge is 0.497 e. The molecule has 2 aliphatic heterocycles. The van der Waals surface area contributed by atoms with Crippen LogP contribution in [-0.4, -0.2) is 64.1 Å². The van der Waals surface area contributed by atoms with E-state index >= 15 is 0 Å². The second kappa shape index (κ2) is 8.96. The van der Waals surface area contributed by atoms with E-state index in [4.69, 9.17) is 9.47 Å². The van der Waals surface area contributed by atoms with Crippen LogP contribution in [-0.2, 0) is 10.0 Å². The first-order valence-electron chi connectivity index (χ1n) is 10.6. The minimum atomic E-state index is -3.47. The number of ether oxygens (including phenoxy) is 2. The van der Waals surface area contributed by atoms with Gasteiger partial charge in [0.2, 0.25) is 10.0 Å². The van der Waals surface area contributed by atoms with Crippen LogP contribution < -0.4 is 9.47 Å². The molecule has 0 amide bonds. The monoisotopic (exact) mass is 430 g/mol. The third-order valence-corrected chi connectivity index (χ3v) is 8.12. The number of piperidine rings is 1. The van der Waals surface area contributed by atoms with Gasteiger partial charge in [-0.15, -0.1) is 0 Å². The summed E-state index contributed by atoms with van der Waals surface area (Å²) < 4.78 is 38.9. The molecule has 6 nitrogen and oxygen atoms in total. The molecule has 2 heterocycles. The zero-order chi connectivity index (χ0) is 21.0. The van der Waals surface area contributed by atoms with Crippen molar-refractivity contribution in [3.8, 4) is 11.5 Å². The lowest BCUT2D eigenvalue weighted by Crippen LogP contribution is -2.46. The van der Waals surface area contributed by atoms with Crippen LogP contribution in [0.2, 0.25) is 0 Å². The number of methoxy groups -OCH3 is 1. The molecule has 162 valence electrons. The van der Waals surface area contributed by atoms with Crippen LogP contribution in [0.1, 0.15) is 19.3 Å². The standard InChI is InChI=1S/C23H30N2O4S/c1-28-20-8-10-22(11-9-20)30(26,27)25-15-13-23(19-25)12-5-14-24(18-23)16-17-29-21-6-3-2-4-7-21/h2-4,6-11H,5,12-19H2,1H3/t23-/m1/s1. The Kier molecular flexibility index (Phi) is 6.32. The minimum absolute atomic E-state index is 0.0462. The number of sulfonamides is 1. The Morgan fingerprint density at radius 2 is 1.70 bits per heavy atom. The first-order valence-corrected chi connectivity index (χ1v) is 12.0. The van der Waals surface area contributed by atoms with E-state index in [1.54, 1.807) is 35.7 Å². The van der Waals surface area contributed by atoms with Gasteiger partial charge >= 0.3 is 0 Å².